The van der Waals surface area contributed by atoms with Crippen molar-refractivity contribution in [1.82, 2.24) is 0 Å². The summed E-state index contributed by atoms with van der Waals surface area (Å²) in [6, 6.07) is 0. The minimum absolute atomic E-state index is 0.179. The summed E-state index contributed by atoms with van der Waals surface area (Å²) in [5, 5.41) is 3.21. The summed E-state index contributed by atoms with van der Waals surface area (Å²) in [5.41, 5.74) is 8.72. The summed E-state index contributed by atoms with van der Waals surface area (Å²) >= 11 is 0. The number of nitrogens with zero attached hydrogens (tertiary/aromatic N) is 3. The molecule has 0 rings (SSSR count). The molecule has 0 unspecified atom stereocenters. The van der Waals surface area contributed by atoms with Crippen LogP contribution in [-0.4, -0.2) is 69.8 Å². The molecule has 0 aromatic carbocycles. The molecule has 12 nitrogen and oxygen atoms in total. The first kappa shape index (κ1) is 30.4. The van der Waals surface area contributed by atoms with Crippen LogP contribution in [0, 0.1) is 0 Å². The van der Waals surface area contributed by atoms with Gasteiger partial charge in [0.1, 0.15) is 6.10 Å². The van der Waals surface area contributed by atoms with E-state index >= 15 is 0 Å². The summed E-state index contributed by atoms with van der Waals surface area (Å²) in [6.45, 7) is 13.9. The van der Waals surface area contributed by atoms with Gasteiger partial charge in [-0.15, -0.1) is 0 Å². The molecule has 0 aliphatic carbocycles. The fourth-order valence-electron chi connectivity index (χ4n) is 2.55. The Labute approximate surface area is 195 Å². The largest absolute Gasteiger partial charge is 0.458 e. The van der Waals surface area contributed by atoms with Crippen LogP contribution in [0.15, 0.2) is 5.11 Å². The lowest BCUT2D eigenvalue weighted by Crippen LogP contribution is -2.55. The lowest BCUT2D eigenvalue weighted by molar-refractivity contribution is -0.199. The van der Waals surface area contributed by atoms with E-state index in [1.165, 1.54) is 0 Å². The van der Waals surface area contributed by atoms with Crippen LogP contribution in [0.1, 0.15) is 48.5 Å². The topological polar surface area (TPSA) is 163 Å². The number of carbonyl (C=O) groups is 4. The Kier molecular flexibility index (Phi) is 12.1. The van der Waals surface area contributed by atoms with Crippen LogP contribution in [0.25, 0.3) is 10.4 Å². The van der Waals surface area contributed by atoms with Crippen molar-refractivity contribution < 1.29 is 42.6 Å². The summed E-state index contributed by atoms with van der Waals surface area (Å²) in [5.74, 6) is -3.01. The number of esters is 4. The van der Waals surface area contributed by atoms with Crippen molar-refractivity contribution in [3.8, 4) is 0 Å². The van der Waals surface area contributed by atoms with Crippen molar-refractivity contribution in [2.24, 2.45) is 5.11 Å². The second-order valence-electron chi connectivity index (χ2n) is 8.93. The minimum Gasteiger partial charge on any atom is -0.458 e. The fourth-order valence-corrected chi connectivity index (χ4v) is 3.56. The van der Waals surface area contributed by atoms with Crippen molar-refractivity contribution in [2.45, 2.75) is 91.0 Å². The molecule has 0 saturated carbocycles. The van der Waals surface area contributed by atoms with E-state index in [9.17, 15) is 19.2 Å². The zero-order valence-corrected chi connectivity index (χ0v) is 21.7. The van der Waals surface area contributed by atoms with E-state index in [1.807, 2.05) is 33.9 Å². The first-order chi connectivity index (χ1) is 15.0. The quantitative estimate of drug-likeness (QED) is 0.100. The molecule has 0 fully saturated rings. The number of hydrogen-bond acceptors (Lipinski definition) is 10. The smallest absolute Gasteiger partial charge is 0.303 e. The van der Waals surface area contributed by atoms with Crippen LogP contribution in [-0.2, 0) is 42.6 Å². The molecule has 0 aliphatic rings. The molecular weight excluding hydrogens is 454 g/mol. The van der Waals surface area contributed by atoms with Crippen molar-refractivity contribution in [3.05, 3.63) is 10.4 Å². The van der Waals surface area contributed by atoms with E-state index in [1.54, 1.807) is 0 Å². The number of ether oxygens (including phenoxy) is 4. The summed E-state index contributed by atoms with van der Waals surface area (Å²) < 4.78 is 27.4. The predicted molar refractivity (Wildman–Crippen MR) is 119 cm³/mol. The SMILES string of the molecule is CC(=O)O[C@@H]([C@H](OC(C)=O)[C@@H](CO[Si](C)(C)C(C)(C)C)OC(C)=O)[C@@H](CN=[N+]=[N-])OC(C)=O. The van der Waals surface area contributed by atoms with E-state index in [0.717, 1.165) is 27.7 Å². The standard InChI is InChI=1S/C20H35N3O9Si/c1-12(24)29-16(10-22-23-21)18(31-14(3)26)19(32-15(4)27)17(30-13(2)25)11-28-33(8,9)20(5,6)7/h16-19H,10-11H2,1-9H3/t16-,17-,18-,19-/m1/s1. The van der Waals surface area contributed by atoms with Crippen LogP contribution in [0.4, 0.5) is 0 Å². The first-order valence-electron chi connectivity index (χ1n) is 10.4. The van der Waals surface area contributed by atoms with E-state index in [2.05, 4.69) is 10.0 Å². The Hall–Kier alpha value is -2.63. The van der Waals surface area contributed by atoms with Crippen LogP contribution in [0.3, 0.4) is 0 Å². The Morgan fingerprint density at radius 1 is 0.818 bits per heavy atom. The van der Waals surface area contributed by atoms with Crippen molar-refractivity contribution in [1.29, 1.82) is 0 Å². The van der Waals surface area contributed by atoms with Crippen LogP contribution in [0.5, 0.6) is 0 Å². The molecule has 0 spiro atoms. The third-order valence-corrected chi connectivity index (χ3v) is 9.54. The molecule has 188 valence electrons. The second-order valence-corrected chi connectivity index (χ2v) is 13.7. The molecule has 0 aromatic rings. The molecule has 0 heterocycles. The Morgan fingerprint density at radius 3 is 1.58 bits per heavy atom. The summed E-state index contributed by atoms with van der Waals surface area (Å²) in [4.78, 5) is 49.9. The molecule has 0 bridgehead atoms. The zero-order valence-electron chi connectivity index (χ0n) is 20.7. The van der Waals surface area contributed by atoms with Gasteiger partial charge >= 0.3 is 23.9 Å². The van der Waals surface area contributed by atoms with Crippen LogP contribution < -0.4 is 0 Å². The lowest BCUT2D eigenvalue weighted by atomic mass is 10.0. The molecule has 0 saturated heterocycles. The van der Waals surface area contributed by atoms with Gasteiger partial charge in [0, 0.05) is 32.6 Å². The van der Waals surface area contributed by atoms with Gasteiger partial charge in [-0.2, -0.15) is 0 Å². The van der Waals surface area contributed by atoms with Gasteiger partial charge in [0.05, 0.1) is 13.2 Å². The highest BCUT2D eigenvalue weighted by Gasteiger charge is 2.45. The van der Waals surface area contributed by atoms with Gasteiger partial charge in [-0.05, 0) is 23.7 Å². The van der Waals surface area contributed by atoms with Crippen LogP contribution >= 0.6 is 0 Å². The van der Waals surface area contributed by atoms with E-state index in [-0.39, 0.29) is 11.6 Å². The Bertz CT molecular complexity index is 756. The molecule has 0 amide bonds. The molecule has 0 N–H and O–H groups in total. The fraction of sp³-hybridized carbons (Fsp3) is 0.800. The maximum absolute atomic E-state index is 11.9. The van der Waals surface area contributed by atoms with Crippen molar-refractivity contribution in [3.63, 3.8) is 0 Å². The normalized spacial score (nSPS) is 15.2. The first-order valence-corrected chi connectivity index (χ1v) is 13.3. The summed E-state index contributed by atoms with van der Waals surface area (Å²) in [7, 11) is -2.34. The van der Waals surface area contributed by atoms with E-state index in [0.29, 0.717) is 0 Å². The minimum atomic E-state index is -2.34. The van der Waals surface area contributed by atoms with Gasteiger partial charge in [-0.1, -0.05) is 25.9 Å². The van der Waals surface area contributed by atoms with Gasteiger partial charge in [-0.25, -0.2) is 0 Å². The van der Waals surface area contributed by atoms with Crippen LogP contribution in [0.2, 0.25) is 18.1 Å². The third-order valence-electron chi connectivity index (χ3n) is 5.03. The molecule has 13 heteroatoms. The van der Waals surface area contributed by atoms with Gasteiger partial charge in [-0.3, -0.25) is 19.2 Å². The highest BCUT2D eigenvalue weighted by molar-refractivity contribution is 6.74. The van der Waals surface area contributed by atoms with Gasteiger partial charge in [0.25, 0.3) is 0 Å². The number of carbonyl (C=O) groups excluding carboxylic acids is 4. The molecule has 0 aromatic heterocycles. The molecule has 4 atom stereocenters. The predicted octanol–water partition coefficient (Wildman–Crippen LogP) is 3.05. The van der Waals surface area contributed by atoms with Crippen molar-refractivity contribution >= 4 is 32.2 Å². The van der Waals surface area contributed by atoms with Gasteiger partial charge in [0.2, 0.25) is 0 Å². The maximum atomic E-state index is 11.9. The highest BCUT2D eigenvalue weighted by atomic mass is 28.4. The second kappa shape index (κ2) is 13.2. The van der Waals surface area contributed by atoms with Crippen molar-refractivity contribution in [2.75, 3.05) is 13.2 Å². The van der Waals surface area contributed by atoms with Gasteiger partial charge < -0.3 is 23.4 Å². The molecule has 0 aliphatic heterocycles. The average Bonchev–Trinajstić information content (AvgIpc) is 2.63. The van der Waals surface area contributed by atoms with Gasteiger partial charge in [0.15, 0.2) is 26.6 Å². The third kappa shape index (κ3) is 11.2. The number of hydrogen-bond donors (Lipinski definition) is 0. The Morgan fingerprint density at radius 2 is 1.21 bits per heavy atom. The van der Waals surface area contributed by atoms with E-state index in [4.69, 9.17) is 28.9 Å². The maximum Gasteiger partial charge on any atom is 0.303 e. The highest BCUT2D eigenvalue weighted by Crippen LogP contribution is 2.37. The molecule has 0 radical (unpaired) electrons. The lowest BCUT2D eigenvalue weighted by Gasteiger charge is -2.39. The number of azide groups is 1. The number of rotatable bonds is 12. The summed E-state index contributed by atoms with van der Waals surface area (Å²) in [6.07, 6.45) is -5.40. The molecule has 33 heavy (non-hydrogen) atoms. The zero-order chi connectivity index (χ0) is 26.0. The Balaban J connectivity index is 6.40. The molecular formula is C20H35N3O9Si. The monoisotopic (exact) mass is 489 g/mol. The van der Waals surface area contributed by atoms with E-state index < -0.39 is 63.2 Å². The average molecular weight is 490 g/mol.